The summed E-state index contributed by atoms with van der Waals surface area (Å²) < 4.78 is 0. The second-order valence-corrected chi connectivity index (χ2v) is 5.03. The zero-order chi connectivity index (χ0) is 13.9. The highest BCUT2D eigenvalue weighted by molar-refractivity contribution is 5.97. The topological polar surface area (TPSA) is 92.4 Å². The van der Waals surface area contributed by atoms with Crippen LogP contribution in [0.5, 0.6) is 0 Å². The van der Waals surface area contributed by atoms with E-state index in [-0.39, 0.29) is 17.7 Å². The molecule has 1 saturated carbocycles. The van der Waals surface area contributed by atoms with Crippen LogP contribution in [0.25, 0.3) is 0 Å². The number of carboxylic acids is 1. The highest BCUT2D eigenvalue weighted by Crippen LogP contribution is 2.45. The molecule has 1 aromatic carbocycles. The largest absolute Gasteiger partial charge is 0.481 e. The van der Waals surface area contributed by atoms with Crippen LogP contribution in [0.4, 0.5) is 5.69 Å². The number of rotatable bonds is 6. The average molecular weight is 262 g/mol. The number of aliphatic carboxylic acids is 1. The molecular weight excluding hydrogens is 244 g/mol. The lowest BCUT2D eigenvalue weighted by atomic mass is 10.1. The molecular formula is C14H18N2O3. The second-order valence-electron chi connectivity index (χ2n) is 5.03. The number of benzene rings is 1. The first-order valence-electron chi connectivity index (χ1n) is 6.38. The molecule has 2 rings (SSSR count). The number of hydrogen-bond donors (Lipinski definition) is 3. The Morgan fingerprint density at radius 3 is 2.37 bits per heavy atom. The summed E-state index contributed by atoms with van der Waals surface area (Å²) >= 11 is 0. The Kier molecular flexibility index (Phi) is 3.85. The molecule has 1 aliphatic rings. The predicted molar refractivity (Wildman–Crippen MR) is 71.7 cm³/mol. The van der Waals surface area contributed by atoms with Gasteiger partial charge in [0.1, 0.15) is 0 Å². The van der Waals surface area contributed by atoms with Crippen LogP contribution >= 0.6 is 0 Å². The van der Waals surface area contributed by atoms with Crippen LogP contribution in [-0.2, 0) is 16.0 Å². The predicted octanol–water partition coefficient (Wildman–Crippen LogP) is 1.38. The third kappa shape index (κ3) is 3.32. The Hall–Kier alpha value is -1.88. The van der Waals surface area contributed by atoms with Crippen molar-refractivity contribution in [1.82, 2.24) is 0 Å². The van der Waals surface area contributed by atoms with E-state index in [1.807, 2.05) is 12.1 Å². The van der Waals surface area contributed by atoms with Gasteiger partial charge < -0.3 is 16.2 Å². The summed E-state index contributed by atoms with van der Waals surface area (Å²) in [5, 5.41) is 11.5. The molecule has 0 atom stereocenters. The summed E-state index contributed by atoms with van der Waals surface area (Å²) in [5.74, 6) is -0.829. The lowest BCUT2D eigenvalue weighted by molar-refractivity contribution is -0.137. The normalized spacial score (nSPS) is 15.8. The fourth-order valence-electron chi connectivity index (χ4n) is 1.94. The van der Waals surface area contributed by atoms with E-state index in [0.717, 1.165) is 24.1 Å². The first kappa shape index (κ1) is 13.5. The number of anilines is 1. The van der Waals surface area contributed by atoms with Crippen LogP contribution in [0.15, 0.2) is 24.3 Å². The average Bonchev–Trinajstić information content (AvgIpc) is 3.19. The molecule has 102 valence electrons. The zero-order valence-corrected chi connectivity index (χ0v) is 10.7. The number of amides is 1. The standard InChI is InChI=1S/C14H18N2O3/c15-9-14(7-8-14)13(19)16-11-4-1-10(2-5-11)3-6-12(17)18/h1-2,4-5H,3,6-9,15H2,(H,16,19)(H,17,18). The van der Waals surface area contributed by atoms with E-state index >= 15 is 0 Å². The Morgan fingerprint density at radius 2 is 1.89 bits per heavy atom. The highest BCUT2D eigenvalue weighted by Gasteiger charge is 2.48. The van der Waals surface area contributed by atoms with Crippen molar-refractivity contribution in [3.63, 3.8) is 0 Å². The highest BCUT2D eigenvalue weighted by atomic mass is 16.4. The van der Waals surface area contributed by atoms with Crippen LogP contribution in [0, 0.1) is 5.41 Å². The van der Waals surface area contributed by atoms with Gasteiger partial charge in [-0.3, -0.25) is 9.59 Å². The minimum atomic E-state index is -0.809. The number of nitrogens with two attached hydrogens (primary N) is 1. The van der Waals surface area contributed by atoms with Crippen molar-refractivity contribution >= 4 is 17.6 Å². The lowest BCUT2D eigenvalue weighted by Gasteiger charge is -2.13. The summed E-state index contributed by atoms with van der Waals surface area (Å²) in [4.78, 5) is 22.4. The molecule has 1 amide bonds. The maximum absolute atomic E-state index is 12.0. The molecule has 1 fully saturated rings. The Labute approximate surface area is 111 Å². The molecule has 0 aromatic heterocycles. The van der Waals surface area contributed by atoms with Crippen molar-refractivity contribution in [1.29, 1.82) is 0 Å². The molecule has 0 unspecified atom stereocenters. The fraction of sp³-hybridized carbons (Fsp3) is 0.429. The maximum atomic E-state index is 12.0. The van der Waals surface area contributed by atoms with Crippen molar-refractivity contribution in [2.24, 2.45) is 11.1 Å². The quantitative estimate of drug-likeness (QED) is 0.722. The van der Waals surface area contributed by atoms with Gasteiger partial charge in [0.15, 0.2) is 0 Å². The Balaban J connectivity index is 1.91. The maximum Gasteiger partial charge on any atom is 0.303 e. The molecule has 4 N–H and O–H groups in total. The molecule has 5 nitrogen and oxygen atoms in total. The van der Waals surface area contributed by atoms with Gasteiger partial charge in [0, 0.05) is 18.7 Å². The molecule has 0 bridgehead atoms. The van der Waals surface area contributed by atoms with E-state index in [9.17, 15) is 9.59 Å². The fourth-order valence-corrected chi connectivity index (χ4v) is 1.94. The van der Waals surface area contributed by atoms with Crippen molar-refractivity contribution in [3.8, 4) is 0 Å². The van der Waals surface area contributed by atoms with Gasteiger partial charge in [0.05, 0.1) is 5.41 Å². The van der Waals surface area contributed by atoms with E-state index in [1.54, 1.807) is 12.1 Å². The van der Waals surface area contributed by atoms with Gasteiger partial charge in [-0.05, 0) is 37.0 Å². The second kappa shape index (κ2) is 5.40. The van der Waals surface area contributed by atoms with E-state index in [0.29, 0.717) is 13.0 Å². The van der Waals surface area contributed by atoms with Gasteiger partial charge >= 0.3 is 5.97 Å². The molecule has 5 heteroatoms. The lowest BCUT2D eigenvalue weighted by Crippen LogP contribution is -2.30. The molecule has 1 aromatic rings. The SMILES string of the molecule is NCC1(C(=O)Nc2ccc(CCC(=O)O)cc2)CC1. The van der Waals surface area contributed by atoms with Crippen LogP contribution in [0.3, 0.4) is 0 Å². The van der Waals surface area contributed by atoms with E-state index in [1.165, 1.54) is 0 Å². The summed E-state index contributed by atoms with van der Waals surface area (Å²) in [7, 11) is 0. The van der Waals surface area contributed by atoms with Gasteiger partial charge in [-0.2, -0.15) is 0 Å². The van der Waals surface area contributed by atoms with Gasteiger partial charge in [-0.1, -0.05) is 12.1 Å². The summed E-state index contributed by atoms with van der Waals surface area (Å²) in [5.41, 5.74) is 6.91. The number of aryl methyl sites for hydroxylation is 1. The van der Waals surface area contributed by atoms with Gasteiger partial charge in [-0.25, -0.2) is 0 Å². The van der Waals surface area contributed by atoms with Gasteiger partial charge in [-0.15, -0.1) is 0 Å². The van der Waals surface area contributed by atoms with E-state index < -0.39 is 5.97 Å². The van der Waals surface area contributed by atoms with E-state index in [2.05, 4.69) is 5.32 Å². The summed E-state index contributed by atoms with van der Waals surface area (Å²) in [6.07, 6.45) is 2.32. The van der Waals surface area contributed by atoms with Crippen molar-refractivity contribution in [2.45, 2.75) is 25.7 Å². The molecule has 0 radical (unpaired) electrons. The number of carbonyl (C=O) groups is 2. The smallest absolute Gasteiger partial charge is 0.303 e. The molecule has 1 aliphatic carbocycles. The van der Waals surface area contributed by atoms with Crippen molar-refractivity contribution in [2.75, 3.05) is 11.9 Å². The molecule has 0 spiro atoms. The van der Waals surface area contributed by atoms with Crippen LogP contribution in [0.1, 0.15) is 24.8 Å². The van der Waals surface area contributed by atoms with Gasteiger partial charge in [0.2, 0.25) is 5.91 Å². The zero-order valence-electron chi connectivity index (χ0n) is 10.7. The minimum absolute atomic E-state index is 0.0201. The number of carboxylic acid groups (broad SMARTS) is 1. The monoisotopic (exact) mass is 262 g/mol. The first-order valence-corrected chi connectivity index (χ1v) is 6.38. The number of nitrogens with one attached hydrogen (secondary N) is 1. The van der Waals surface area contributed by atoms with Crippen molar-refractivity contribution < 1.29 is 14.7 Å². The van der Waals surface area contributed by atoms with Crippen LogP contribution in [-0.4, -0.2) is 23.5 Å². The summed E-state index contributed by atoms with van der Waals surface area (Å²) in [6, 6.07) is 7.25. The van der Waals surface area contributed by atoms with Crippen LogP contribution < -0.4 is 11.1 Å². The third-order valence-corrected chi connectivity index (χ3v) is 3.57. The Bertz CT molecular complexity index is 478. The van der Waals surface area contributed by atoms with E-state index in [4.69, 9.17) is 10.8 Å². The third-order valence-electron chi connectivity index (χ3n) is 3.57. The molecule has 19 heavy (non-hydrogen) atoms. The summed E-state index contributed by atoms with van der Waals surface area (Å²) in [6.45, 7) is 0.384. The number of carbonyl (C=O) groups excluding carboxylic acids is 1. The minimum Gasteiger partial charge on any atom is -0.481 e. The van der Waals surface area contributed by atoms with Crippen molar-refractivity contribution in [3.05, 3.63) is 29.8 Å². The molecule has 0 heterocycles. The number of hydrogen-bond acceptors (Lipinski definition) is 3. The molecule has 0 aliphatic heterocycles. The van der Waals surface area contributed by atoms with Gasteiger partial charge in [0.25, 0.3) is 0 Å². The van der Waals surface area contributed by atoms with Crippen LogP contribution in [0.2, 0.25) is 0 Å². The Morgan fingerprint density at radius 1 is 1.26 bits per heavy atom. The molecule has 0 saturated heterocycles. The first-order chi connectivity index (χ1) is 9.05.